The van der Waals surface area contributed by atoms with Crippen LogP contribution in [0.4, 0.5) is 13.2 Å². The van der Waals surface area contributed by atoms with E-state index in [4.69, 9.17) is 0 Å². The van der Waals surface area contributed by atoms with Crippen molar-refractivity contribution in [2.24, 2.45) is 0 Å². The molecule has 1 aliphatic carbocycles. The summed E-state index contributed by atoms with van der Waals surface area (Å²) in [7, 11) is 0. The number of pyridine rings is 1. The van der Waals surface area contributed by atoms with Crippen LogP contribution in [-0.2, 0) is 6.18 Å². The van der Waals surface area contributed by atoms with Gasteiger partial charge in [-0.3, -0.25) is 9.59 Å². The molecule has 2 aromatic carbocycles. The molecule has 0 saturated heterocycles. The van der Waals surface area contributed by atoms with E-state index in [1.54, 1.807) is 4.98 Å². The zero-order valence-electron chi connectivity index (χ0n) is 14.7. The normalized spacial score (nSPS) is 13.1. The lowest BCUT2D eigenvalue weighted by atomic mass is 10.0. The van der Waals surface area contributed by atoms with E-state index in [9.17, 15) is 22.8 Å². The molecule has 1 amide bonds. The smallest absolute Gasteiger partial charge is 0.341 e. The number of hydrogen-bond donors (Lipinski definition) is 2. The van der Waals surface area contributed by atoms with Gasteiger partial charge in [-0.2, -0.15) is 13.2 Å². The summed E-state index contributed by atoms with van der Waals surface area (Å²) in [6, 6.07) is 15.4. The molecule has 0 fully saturated rings. The first-order chi connectivity index (χ1) is 13.3. The summed E-state index contributed by atoms with van der Waals surface area (Å²) in [6.07, 6.45) is -4.69. The van der Waals surface area contributed by atoms with Crippen molar-refractivity contribution in [2.75, 3.05) is 0 Å². The number of aromatic amines is 1. The molecule has 0 atom stereocenters. The second kappa shape index (κ2) is 6.37. The Kier molecular flexibility index (Phi) is 4.10. The average Bonchev–Trinajstić information content (AvgIpc) is 2.95. The van der Waals surface area contributed by atoms with E-state index < -0.39 is 29.4 Å². The third-order valence-corrected chi connectivity index (χ3v) is 4.87. The molecule has 2 N–H and O–H groups in total. The van der Waals surface area contributed by atoms with Gasteiger partial charge < -0.3 is 10.3 Å². The molecule has 0 aliphatic heterocycles. The third kappa shape index (κ3) is 2.89. The van der Waals surface area contributed by atoms with Crippen molar-refractivity contribution >= 4 is 5.91 Å². The fourth-order valence-electron chi connectivity index (χ4n) is 3.64. The van der Waals surface area contributed by atoms with Crippen LogP contribution in [0.1, 0.15) is 38.8 Å². The minimum Gasteiger partial charge on any atom is -0.341 e. The molecule has 0 spiro atoms. The minimum absolute atomic E-state index is 0.0341. The van der Waals surface area contributed by atoms with Gasteiger partial charge in [0.05, 0.1) is 6.04 Å². The van der Waals surface area contributed by atoms with E-state index in [2.05, 4.69) is 5.32 Å². The fraction of sp³-hybridized carbons (Fsp3) is 0.143. The first-order valence-corrected chi connectivity index (χ1v) is 8.57. The van der Waals surface area contributed by atoms with Gasteiger partial charge in [-0.05, 0) is 40.8 Å². The maximum atomic E-state index is 12.9. The number of aromatic nitrogens is 1. The van der Waals surface area contributed by atoms with Crippen molar-refractivity contribution in [3.05, 3.63) is 92.9 Å². The van der Waals surface area contributed by atoms with Gasteiger partial charge in [0.1, 0.15) is 11.3 Å². The Morgan fingerprint density at radius 3 is 2.04 bits per heavy atom. The quantitative estimate of drug-likeness (QED) is 0.696. The molecule has 3 aromatic rings. The summed E-state index contributed by atoms with van der Waals surface area (Å²) in [5, 5.41) is 2.81. The molecule has 142 valence electrons. The van der Waals surface area contributed by atoms with Crippen molar-refractivity contribution in [2.45, 2.75) is 19.1 Å². The Morgan fingerprint density at radius 1 is 1.00 bits per heavy atom. The Labute approximate surface area is 158 Å². The number of amides is 1. The Bertz CT molecular complexity index is 1100. The van der Waals surface area contributed by atoms with Crippen LogP contribution in [0.15, 0.2) is 59.4 Å². The first-order valence-electron chi connectivity index (χ1n) is 8.57. The van der Waals surface area contributed by atoms with E-state index >= 15 is 0 Å². The molecule has 0 radical (unpaired) electrons. The number of hydrogen-bond acceptors (Lipinski definition) is 2. The van der Waals surface area contributed by atoms with Crippen LogP contribution >= 0.6 is 0 Å². The van der Waals surface area contributed by atoms with Crippen molar-refractivity contribution in [3.63, 3.8) is 0 Å². The Balaban J connectivity index is 1.73. The number of carbonyl (C=O) groups excluding carboxylic acids is 1. The van der Waals surface area contributed by atoms with Gasteiger partial charge in [-0.15, -0.1) is 0 Å². The fourth-order valence-corrected chi connectivity index (χ4v) is 3.64. The number of aryl methyl sites for hydroxylation is 1. The Hall–Kier alpha value is -3.35. The number of rotatable bonds is 2. The first kappa shape index (κ1) is 18.0. The van der Waals surface area contributed by atoms with Crippen LogP contribution in [0, 0.1) is 6.92 Å². The maximum absolute atomic E-state index is 12.9. The summed E-state index contributed by atoms with van der Waals surface area (Å²) in [5.41, 5.74) is 1.09. The predicted octanol–water partition coefficient (Wildman–Crippen LogP) is 4.20. The van der Waals surface area contributed by atoms with Crippen molar-refractivity contribution in [3.8, 4) is 11.1 Å². The highest BCUT2D eigenvalue weighted by Gasteiger charge is 2.34. The van der Waals surface area contributed by atoms with E-state index in [1.165, 1.54) is 6.92 Å². The SMILES string of the molecule is Cc1cc(C(F)(F)F)[nH]c(=O)c1C(=O)NC1c2ccccc2-c2ccccc21. The van der Waals surface area contributed by atoms with Gasteiger partial charge in [0.2, 0.25) is 0 Å². The number of halogens is 3. The van der Waals surface area contributed by atoms with Gasteiger partial charge in [0.15, 0.2) is 0 Å². The van der Waals surface area contributed by atoms with Crippen LogP contribution in [0.5, 0.6) is 0 Å². The number of nitrogens with one attached hydrogen (secondary N) is 2. The third-order valence-electron chi connectivity index (χ3n) is 4.87. The standard InChI is InChI=1S/C21H15F3N2O2/c1-11-10-16(21(22,23)24)25-19(27)17(11)20(28)26-18-14-8-4-2-6-12(14)13-7-3-5-9-15(13)18/h2-10,18H,1H3,(H,25,27)(H,26,28). The molecule has 4 nitrogen and oxygen atoms in total. The summed E-state index contributed by atoms with van der Waals surface area (Å²) in [6.45, 7) is 1.32. The van der Waals surface area contributed by atoms with E-state index in [1.807, 2.05) is 48.5 Å². The monoisotopic (exact) mass is 384 g/mol. The van der Waals surface area contributed by atoms with Gasteiger partial charge in [0, 0.05) is 0 Å². The number of fused-ring (bicyclic) bond motifs is 3. The second-order valence-electron chi connectivity index (χ2n) is 6.65. The van der Waals surface area contributed by atoms with Crippen LogP contribution in [0.2, 0.25) is 0 Å². The zero-order chi connectivity index (χ0) is 20.1. The van der Waals surface area contributed by atoms with Crippen LogP contribution in [0.3, 0.4) is 0 Å². The highest BCUT2D eigenvalue weighted by atomic mass is 19.4. The molecule has 1 aliphatic rings. The van der Waals surface area contributed by atoms with E-state index in [0.717, 1.165) is 28.3 Å². The van der Waals surface area contributed by atoms with Crippen LogP contribution in [-0.4, -0.2) is 10.9 Å². The average molecular weight is 384 g/mol. The largest absolute Gasteiger partial charge is 0.431 e. The van der Waals surface area contributed by atoms with Gasteiger partial charge >= 0.3 is 6.18 Å². The predicted molar refractivity (Wildman–Crippen MR) is 98.0 cm³/mol. The van der Waals surface area contributed by atoms with Gasteiger partial charge in [-0.1, -0.05) is 48.5 Å². The zero-order valence-corrected chi connectivity index (χ0v) is 14.7. The van der Waals surface area contributed by atoms with Crippen molar-refractivity contribution in [1.82, 2.24) is 10.3 Å². The minimum atomic E-state index is -4.69. The Morgan fingerprint density at radius 2 is 1.54 bits per heavy atom. The summed E-state index contributed by atoms with van der Waals surface area (Å²) in [5.74, 6) is -0.719. The second-order valence-corrected chi connectivity index (χ2v) is 6.65. The molecule has 7 heteroatoms. The molecular formula is C21H15F3N2O2. The van der Waals surface area contributed by atoms with Crippen molar-refractivity contribution < 1.29 is 18.0 Å². The molecule has 1 aromatic heterocycles. The number of benzene rings is 2. The summed E-state index contributed by atoms with van der Waals surface area (Å²) in [4.78, 5) is 26.8. The lowest BCUT2D eigenvalue weighted by molar-refractivity contribution is -0.141. The maximum Gasteiger partial charge on any atom is 0.431 e. The summed E-state index contributed by atoms with van der Waals surface area (Å²) >= 11 is 0. The lowest BCUT2D eigenvalue weighted by Crippen LogP contribution is -2.34. The van der Waals surface area contributed by atoms with Gasteiger partial charge in [0.25, 0.3) is 11.5 Å². The molecule has 4 rings (SSSR count). The number of carbonyl (C=O) groups is 1. The molecule has 0 saturated carbocycles. The highest BCUT2D eigenvalue weighted by molar-refractivity contribution is 5.96. The van der Waals surface area contributed by atoms with Crippen LogP contribution < -0.4 is 10.9 Å². The molecule has 1 heterocycles. The van der Waals surface area contributed by atoms with Gasteiger partial charge in [-0.25, -0.2) is 0 Å². The number of alkyl halides is 3. The van der Waals surface area contributed by atoms with Crippen LogP contribution in [0.25, 0.3) is 11.1 Å². The highest BCUT2D eigenvalue weighted by Crippen LogP contribution is 2.43. The topological polar surface area (TPSA) is 62.0 Å². The number of H-pyrrole nitrogens is 1. The molecular weight excluding hydrogens is 369 g/mol. The van der Waals surface area contributed by atoms with E-state index in [-0.39, 0.29) is 11.1 Å². The summed E-state index contributed by atoms with van der Waals surface area (Å²) < 4.78 is 38.6. The molecule has 0 bridgehead atoms. The molecule has 28 heavy (non-hydrogen) atoms. The molecule has 0 unspecified atom stereocenters. The van der Waals surface area contributed by atoms with Crippen molar-refractivity contribution in [1.29, 1.82) is 0 Å². The lowest BCUT2D eigenvalue weighted by Gasteiger charge is -2.17. The van der Waals surface area contributed by atoms with E-state index in [0.29, 0.717) is 0 Å².